The van der Waals surface area contributed by atoms with Crippen molar-refractivity contribution in [1.82, 2.24) is 0 Å². The third kappa shape index (κ3) is 3.51. The van der Waals surface area contributed by atoms with Crippen molar-refractivity contribution in [3.8, 4) is 5.75 Å². The molecule has 3 N–H and O–H groups in total. The van der Waals surface area contributed by atoms with Gasteiger partial charge >= 0.3 is 0 Å². The molecule has 20 heavy (non-hydrogen) atoms. The molecular formula is C16H18N2O2. The van der Waals surface area contributed by atoms with Crippen molar-refractivity contribution in [1.29, 1.82) is 0 Å². The average molecular weight is 270 g/mol. The third-order valence-corrected chi connectivity index (χ3v) is 3.00. The Labute approximate surface area is 118 Å². The standard InChI is InChI=1S/C16H18N2O2/c1-11-8-12(2)15(9-14(11)17)18-16(19)10-20-13-6-4-3-5-7-13/h3-9H,10,17H2,1-2H3,(H,18,19). The largest absolute Gasteiger partial charge is 0.484 e. The molecule has 0 bridgehead atoms. The number of benzene rings is 2. The summed E-state index contributed by atoms with van der Waals surface area (Å²) in [7, 11) is 0. The van der Waals surface area contributed by atoms with Gasteiger partial charge in [0.1, 0.15) is 5.75 Å². The van der Waals surface area contributed by atoms with Gasteiger partial charge in [-0.15, -0.1) is 0 Å². The summed E-state index contributed by atoms with van der Waals surface area (Å²) < 4.78 is 5.39. The predicted molar refractivity (Wildman–Crippen MR) is 80.9 cm³/mol. The summed E-state index contributed by atoms with van der Waals surface area (Å²) in [4.78, 5) is 11.9. The molecule has 0 aliphatic carbocycles. The Balaban J connectivity index is 1.97. The second kappa shape index (κ2) is 6.10. The quantitative estimate of drug-likeness (QED) is 0.840. The molecule has 0 aliphatic heterocycles. The number of anilines is 2. The number of ether oxygens (including phenoxy) is 1. The molecule has 0 radical (unpaired) electrons. The molecule has 104 valence electrons. The Morgan fingerprint density at radius 1 is 1.15 bits per heavy atom. The Morgan fingerprint density at radius 3 is 2.55 bits per heavy atom. The van der Waals surface area contributed by atoms with Gasteiger partial charge in [-0.3, -0.25) is 4.79 Å². The van der Waals surface area contributed by atoms with E-state index in [-0.39, 0.29) is 12.5 Å². The van der Waals surface area contributed by atoms with Gasteiger partial charge in [0.2, 0.25) is 0 Å². The third-order valence-electron chi connectivity index (χ3n) is 3.00. The SMILES string of the molecule is Cc1cc(C)c(NC(=O)COc2ccccc2)cc1N. The summed E-state index contributed by atoms with van der Waals surface area (Å²) in [6, 6.07) is 12.9. The molecule has 4 nitrogen and oxygen atoms in total. The lowest BCUT2D eigenvalue weighted by Gasteiger charge is -2.11. The van der Waals surface area contributed by atoms with Crippen LogP contribution in [0.4, 0.5) is 11.4 Å². The van der Waals surface area contributed by atoms with Crippen LogP contribution in [0.25, 0.3) is 0 Å². The normalized spacial score (nSPS) is 10.1. The minimum atomic E-state index is -0.208. The number of amides is 1. The topological polar surface area (TPSA) is 64.3 Å². The van der Waals surface area contributed by atoms with Crippen molar-refractivity contribution in [2.45, 2.75) is 13.8 Å². The number of para-hydroxylation sites is 1. The van der Waals surface area contributed by atoms with E-state index in [1.807, 2.05) is 50.2 Å². The molecule has 0 unspecified atom stereocenters. The first-order chi connectivity index (χ1) is 9.56. The van der Waals surface area contributed by atoms with E-state index < -0.39 is 0 Å². The first-order valence-electron chi connectivity index (χ1n) is 6.40. The fourth-order valence-electron chi connectivity index (χ4n) is 1.86. The van der Waals surface area contributed by atoms with E-state index in [0.717, 1.165) is 16.8 Å². The second-order valence-electron chi connectivity index (χ2n) is 4.67. The molecule has 0 saturated carbocycles. The Morgan fingerprint density at radius 2 is 1.85 bits per heavy atom. The predicted octanol–water partition coefficient (Wildman–Crippen LogP) is 2.90. The van der Waals surface area contributed by atoms with Crippen molar-refractivity contribution in [2.24, 2.45) is 0 Å². The number of nitrogen functional groups attached to an aromatic ring is 1. The van der Waals surface area contributed by atoms with E-state index in [2.05, 4.69) is 5.32 Å². The van der Waals surface area contributed by atoms with Crippen LogP contribution in [-0.2, 0) is 4.79 Å². The van der Waals surface area contributed by atoms with Crippen LogP contribution in [0.2, 0.25) is 0 Å². The maximum Gasteiger partial charge on any atom is 0.262 e. The second-order valence-corrected chi connectivity index (χ2v) is 4.67. The highest BCUT2D eigenvalue weighted by Crippen LogP contribution is 2.22. The lowest BCUT2D eigenvalue weighted by atomic mass is 10.1. The summed E-state index contributed by atoms with van der Waals surface area (Å²) in [5.74, 6) is 0.461. The summed E-state index contributed by atoms with van der Waals surface area (Å²) in [6.07, 6.45) is 0. The molecule has 2 aromatic rings. The van der Waals surface area contributed by atoms with E-state index in [1.54, 1.807) is 6.07 Å². The van der Waals surface area contributed by atoms with Gasteiger partial charge in [-0.25, -0.2) is 0 Å². The number of aryl methyl sites for hydroxylation is 2. The zero-order valence-corrected chi connectivity index (χ0v) is 11.6. The van der Waals surface area contributed by atoms with E-state index >= 15 is 0 Å². The highest BCUT2D eigenvalue weighted by atomic mass is 16.5. The molecule has 0 fully saturated rings. The fraction of sp³-hybridized carbons (Fsp3) is 0.188. The van der Waals surface area contributed by atoms with E-state index in [9.17, 15) is 4.79 Å². The Bertz CT molecular complexity index is 609. The minimum Gasteiger partial charge on any atom is -0.484 e. The molecule has 1 amide bonds. The molecule has 0 aliphatic rings. The van der Waals surface area contributed by atoms with Gasteiger partial charge < -0.3 is 15.8 Å². The fourth-order valence-corrected chi connectivity index (χ4v) is 1.86. The number of carbonyl (C=O) groups is 1. The van der Waals surface area contributed by atoms with Crippen LogP contribution in [0.1, 0.15) is 11.1 Å². The number of hydrogen-bond donors (Lipinski definition) is 2. The number of hydrogen-bond acceptors (Lipinski definition) is 3. The van der Waals surface area contributed by atoms with Crippen molar-refractivity contribution in [2.75, 3.05) is 17.7 Å². The molecule has 0 atom stereocenters. The van der Waals surface area contributed by atoms with Gasteiger partial charge in [0.25, 0.3) is 5.91 Å². The highest BCUT2D eigenvalue weighted by molar-refractivity contribution is 5.93. The highest BCUT2D eigenvalue weighted by Gasteiger charge is 2.07. The van der Waals surface area contributed by atoms with Gasteiger partial charge in [0, 0.05) is 11.4 Å². The summed E-state index contributed by atoms with van der Waals surface area (Å²) in [5, 5.41) is 2.80. The lowest BCUT2D eigenvalue weighted by Crippen LogP contribution is -2.20. The lowest BCUT2D eigenvalue weighted by molar-refractivity contribution is -0.118. The molecule has 4 heteroatoms. The number of carbonyl (C=O) groups excluding carboxylic acids is 1. The molecule has 0 spiro atoms. The van der Waals surface area contributed by atoms with Crippen LogP contribution in [0.15, 0.2) is 42.5 Å². The molecule has 2 rings (SSSR count). The van der Waals surface area contributed by atoms with E-state index in [1.165, 1.54) is 0 Å². The minimum absolute atomic E-state index is 0.0305. The van der Waals surface area contributed by atoms with Crippen molar-refractivity contribution < 1.29 is 9.53 Å². The number of nitrogens with one attached hydrogen (secondary N) is 1. The number of nitrogens with two attached hydrogens (primary N) is 1. The van der Waals surface area contributed by atoms with E-state index in [0.29, 0.717) is 11.4 Å². The van der Waals surface area contributed by atoms with Gasteiger partial charge in [-0.1, -0.05) is 24.3 Å². The van der Waals surface area contributed by atoms with Gasteiger partial charge in [0.05, 0.1) is 0 Å². The van der Waals surface area contributed by atoms with Crippen LogP contribution in [0.5, 0.6) is 5.75 Å². The van der Waals surface area contributed by atoms with Gasteiger partial charge in [-0.2, -0.15) is 0 Å². The molecule has 2 aromatic carbocycles. The average Bonchev–Trinajstić information content (AvgIpc) is 2.44. The monoisotopic (exact) mass is 270 g/mol. The van der Waals surface area contributed by atoms with Crippen LogP contribution < -0.4 is 15.8 Å². The number of rotatable bonds is 4. The first kappa shape index (κ1) is 13.9. The smallest absolute Gasteiger partial charge is 0.262 e. The van der Waals surface area contributed by atoms with Crippen LogP contribution >= 0.6 is 0 Å². The molecule has 0 aromatic heterocycles. The summed E-state index contributed by atoms with van der Waals surface area (Å²) in [6.45, 7) is 3.84. The molecule has 0 saturated heterocycles. The zero-order valence-electron chi connectivity index (χ0n) is 11.6. The Hall–Kier alpha value is -2.49. The summed E-state index contributed by atoms with van der Waals surface area (Å²) in [5.41, 5.74) is 9.20. The zero-order chi connectivity index (χ0) is 14.5. The van der Waals surface area contributed by atoms with Crippen molar-refractivity contribution in [3.05, 3.63) is 53.6 Å². The molecule has 0 heterocycles. The summed E-state index contributed by atoms with van der Waals surface area (Å²) >= 11 is 0. The molecular weight excluding hydrogens is 252 g/mol. The van der Waals surface area contributed by atoms with Crippen LogP contribution in [-0.4, -0.2) is 12.5 Å². The van der Waals surface area contributed by atoms with Crippen LogP contribution in [0, 0.1) is 13.8 Å². The Kier molecular flexibility index (Phi) is 4.25. The first-order valence-corrected chi connectivity index (χ1v) is 6.40. The maximum absolute atomic E-state index is 11.9. The maximum atomic E-state index is 11.9. The van der Waals surface area contributed by atoms with Gasteiger partial charge in [0.15, 0.2) is 6.61 Å². The van der Waals surface area contributed by atoms with Crippen LogP contribution in [0.3, 0.4) is 0 Å². The van der Waals surface area contributed by atoms with Crippen molar-refractivity contribution >= 4 is 17.3 Å². The van der Waals surface area contributed by atoms with E-state index in [4.69, 9.17) is 10.5 Å². The van der Waals surface area contributed by atoms with Gasteiger partial charge in [-0.05, 0) is 43.2 Å². The van der Waals surface area contributed by atoms with Crippen molar-refractivity contribution in [3.63, 3.8) is 0 Å².